The molecule has 0 aromatic heterocycles. The number of carbonyl (C=O) groups is 3. The number of carbonyl (C=O) groups excluding carboxylic acids is 3. The lowest BCUT2D eigenvalue weighted by molar-refractivity contribution is -0.166. The Morgan fingerprint density at radius 1 is 0.710 bits per heavy atom. The molecule has 62 heavy (non-hydrogen) atoms. The van der Waals surface area contributed by atoms with Gasteiger partial charge in [-0.25, -0.2) is 9.59 Å². The average molecular weight is 898 g/mol. The summed E-state index contributed by atoms with van der Waals surface area (Å²) in [6.45, 7) is 23.9. The summed E-state index contributed by atoms with van der Waals surface area (Å²) in [4.78, 5) is 44.0. The molecule has 334 valence electrons. The molecule has 0 aliphatic carbocycles. The smallest absolute Gasteiger partial charge is 0.338 e. The minimum Gasteiger partial charge on any atom is -0.453 e. The fourth-order valence-electron chi connectivity index (χ4n) is 7.35. The number of hydrogen-bond acceptors (Lipinski definition) is 9. The third-order valence-electron chi connectivity index (χ3n) is 12.1. The van der Waals surface area contributed by atoms with E-state index in [4.69, 9.17) is 27.8 Å². The second-order valence-corrected chi connectivity index (χ2v) is 34.7. The molecule has 1 N–H and O–H groups in total. The van der Waals surface area contributed by atoms with E-state index in [0.29, 0.717) is 12.2 Å². The van der Waals surface area contributed by atoms with Crippen molar-refractivity contribution in [3.05, 3.63) is 132 Å². The molecule has 5 rings (SSSR count). The third-order valence-corrected chi connectivity index (χ3v) is 23.3. The van der Waals surface area contributed by atoms with Crippen LogP contribution in [-0.4, -0.2) is 93.0 Å². The van der Waals surface area contributed by atoms with Gasteiger partial charge in [0, 0.05) is 20.2 Å². The quantitative estimate of drug-likeness (QED) is 0.0428. The summed E-state index contributed by atoms with van der Waals surface area (Å²) in [5.74, 6) is -2.10. The zero-order chi connectivity index (χ0) is 45.4. The lowest BCUT2D eigenvalue weighted by Gasteiger charge is -2.45. The van der Waals surface area contributed by atoms with E-state index in [1.807, 2.05) is 60.7 Å². The van der Waals surface area contributed by atoms with Gasteiger partial charge < -0.3 is 33.1 Å². The molecular formula is C49H67NO9Si3. The molecule has 4 aromatic rings. The maximum atomic E-state index is 15.2. The summed E-state index contributed by atoms with van der Waals surface area (Å²) < 4.78 is 39.7. The van der Waals surface area contributed by atoms with Gasteiger partial charge in [-0.3, -0.25) is 4.79 Å². The molecule has 13 heteroatoms. The first-order valence-corrected chi connectivity index (χ1v) is 30.1. The van der Waals surface area contributed by atoms with Gasteiger partial charge in [-0.1, -0.05) is 158 Å². The number of amides is 1. The Morgan fingerprint density at radius 2 is 1.21 bits per heavy atom. The lowest BCUT2D eigenvalue weighted by atomic mass is 9.89. The third kappa shape index (κ3) is 11.5. The number of benzene rings is 4. The monoisotopic (exact) mass is 897 g/mol. The maximum Gasteiger partial charge on any atom is 0.338 e. The van der Waals surface area contributed by atoms with Crippen molar-refractivity contribution in [1.82, 2.24) is 5.32 Å². The van der Waals surface area contributed by atoms with Crippen molar-refractivity contribution >= 4 is 52.9 Å². The van der Waals surface area contributed by atoms with Gasteiger partial charge in [-0.05, 0) is 63.9 Å². The fourth-order valence-corrected chi connectivity index (χ4v) is 13.7. The van der Waals surface area contributed by atoms with Crippen LogP contribution in [0.25, 0.3) is 0 Å². The van der Waals surface area contributed by atoms with E-state index < -0.39 is 78.1 Å². The molecule has 0 spiro atoms. The number of cyclic esters (lactones) is 1. The highest BCUT2D eigenvalue weighted by molar-refractivity contribution is 6.99. The van der Waals surface area contributed by atoms with Gasteiger partial charge in [0.1, 0.15) is 12.9 Å². The molecule has 0 bridgehead atoms. The largest absolute Gasteiger partial charge is 0.453 e. The van der Waals surface area contributed by atoms with Crippen molar-refractivity contribution in [3.63, 3.8) is 0 Å². The minimum absolute atomic E-state index is 0.00346. The fraction of sp³-hybridized carbons (Fsp3) is 0.449. The number of hydrogen-bond donors (Lipinski definition) is 1. The van der Waals surface area contributed by atoms with Crippen LogP contribution in [0.3, 0.4) is 0 Å². The summed E-state index contributed by atoms with van der Waals surface area (Å²) in [6.07, 6.45) is -3.68. The zero-order valence-corrected chi connectivity index (χ0v) is 41.5. The summed E-state index contributed by atoms with van der Waals surface area (Å²) >= 11 is 0. The number of rotatable bonds is 19. The Morgan fingerprint density at radius 3 is 1.69 bits per heavy atom. The van der Waals surface area contributed by atoms with Crippen LogP contribution in [-0.2, 0) is 32.6 Å². The highest BCUT2D eigenvalue weighted by atomic mass is 28.4. The average Bonchev–Trinajstić information content (AvgIpc) is 3.48. The van der Waals surface area contributed by atoms with Gasteiger partial charge in [0.05, 0.1) is 18.8 Å². The van der Waals surface area contributed by atoms with Crippen molar-refractivity contribution in [2.45, 2.75) is 114 Å². The molecule has 1 saturated heterocycles. The maximum absolute atomic E-state index is 15.2. The van der Waals surface area contributed by atoms with Gasteiger partial charge in [0.25, 0.3) is 14.2 Å². The van der Waals surface area contributed by atoms with Crippen LogP contribution in [0.1, 0.15) is 62.3 Å². The van der Waals surface area contributed by atoms with Gasteiger partial charge in [-0.15, -0.1) is 0 Å². The Hall–Kier alpha value is -4.22. The molecule has 1 heterocycles. The van der Waals surface area contributed by atoms with E-state index in [1.54, 1.807) is 60.7 Å². The van der Waals surface area contributed by atoms with Crippen LogP contribution >= 0.6 is 0 Å². The normalized spacial score (nSPS) is 19.1. The van der Waals surface area contributed by atoms with Crippen LogP contribution in [0.4, 0.5) is 0 Å². The first-order valence-electron chi connectivity index (χ1n) is 21.5. The molecule has 10 nitrogen and oxygen atoms in total. The minimum atomic E-state index is -3.38. The summed E-state index contributed by atoms with van der Waals surface area (Å²) in [5, 5.41) is 4.32. The van der Waals surface area contributed by atoms with Gasteiger partial charge in [0.2, 0.25) is 5.54 Å². The molecular weight excluding hydrogens is 831 g/mol. The summed E-state index contributed by atoms with van der Waals surface area (Å²) in [5.41, 5.74) is -1.51. The molecule has 1 amide bonds. The van der Waals surface area contributed by atoms with E-state index in [0.717, 1.165) is 16.4 Å². The van der Waals surface area contributed by atoms with Gasteiger partial charge in [-0.2, -0.15) is 0 Å². The van der Waals surface area contributed by atoms with Gasteiger partial charge in [0.15, 0.2) is 20.5 Å². The summed E-state index contributed by atoms with van der Waals surface area (Å²) in [7, 11) is -7.22. The standard InChI is InChI=1S/C49H67NO9Si3/c1-47(2,3)61(10,11)56-34-41(55-36-54-32-33-60(7,8)9)42-43(59-45(52)38-26-18-13-19-27-38)49(46(53)58-42,50-44(51)37-24-16-12-17-25-37)35-57-62(48(4,5)6,39-28-20-14-21-29-39)40-30-22-15-23-31-40/h12-31,41-43H,32-36H2,1-11H3,(H,50,51)/t41-,42+,43-,49-/m0/s1. The van der Waals surface area contributed by atoms with E-state index in [1.165, 1.54) is 0 Å². The number of ether oxygens (including phenoxy) is 4. The Bertz CT molecular complexity index is 2030. The second kappa shape index (κ2) is 20.1. The SMILES string of the molecule is CC(C)(C)[Si](C)(C)OC[C@H](OCOCC[Si](C)(C)C)[C@H]1OC(=O)[C@@](CO[Si](c2ccccc2)(c2ccccc2)C(C)(C)C)(NC(=O)c2ccccc2)[C@H]1OC(=O)c1ccccc1. The van der Waals surface area contributed by atoms with Crippen LogP contribution in [0.5, 0.6) is 0 Å². The Kier molecular flexibility index (Phi) is 15.8. The van der Waals surface area contributed by atoms with Crippen molar-refractivity contribution in [2.75, 3.05) is 26.6 Å². The Labute approximate surface area is 372 Å². The van der Waals surface area contributed by atoms with Gasteiger partial charge >= 0.3 is 11.9 Å². The number of esters is 2. The highest BCUT2D eigenvalue weighted by Crippen LogP contribution is 2.41. The van der Waals surface area contributed by atoms with Crippen LogP contribution in [0.2, 0.25) is 48.9 Å². The van der Waals surface area contributed by atoms with E-state index in [2.05, 4.69) is 79.6 Å². The van der Waals surface area contributed by atoms with E-state index in [-0.39, 0.29) is 24.0 Å². The summed E-state index contributed by atoms with van der Waals surface area (Å²) in [6, 6.07) is 38.1. The molecule has 1 aliphatic rings. The predicted octanol–water partition coefficient (Wildman–Crippen LogP) is 8.60. The van der Waals surface area contributed by atoms with Crippen molar-refractivity contribution < 1.29 is 42.2 Å². The van der Waals surface area contributed by atoms with E-state index >= 15 is 4.79 Å². The first kappa shape index (κ1) is 48.8. The zero-order valence-electron chi connectivity index (χ0n) is 38.5. The van der Waals surface area contributed by atoms with Crippen molar-refractivity contribution in [2.24, 2.45) is 0 Å². The molecule has 1 aliphatic heterocycles. The second-order valence-electron chi connectivity index (χ2n) is 19.9. The lowest BCUT2D eigenvalue weighted by Crippen LogP contribution is -2.71. The molecule has 0 radical (unpaired) electrons. The molecule has 0 saturated carbocycles. The predicted molar refractivity (Wildman–Crippen MR) is 253 cm³/mol. The topological polar surface area (TPSA) is 119 Å². The van der Waals surface area contributed by atoms with Crippen molar-refractivity contribution in [1.29, 1.82) is 0 Å². The van der Waals surface area contributed by atoms with Crippen LogP contribution in [0.15, 0.2) is 121 Å². The highest BCUT2D eigenvalue weighted by Gasteiger charge is 2.65. The van der Waals surface area contributed by atoms with Crippen molar-refractivity contribution in [3.8, 4) is 0 Å². The number of nitrogens with one attached hydrogen (secondary N) is 1. The molecule has 4 atom stereocenters. The van der Waals surface area contributed by atoms with Crippen LogP contribution < -0.4 is 15.7 Å². The van der Waals surface area contributed by atoms with Crippen LogP contribution in [0, 0.1) is 0 Å². The molecule has 4 aromatic carbocycles. The molecule has 0 unspecified atom stereocenters. The molecule has 1 fully saturated rings. The Balaban J connectivity index is 1.69. The van der Waals surface area contributed by atoms with E-state index in [9.17, 15) is 9.59 Å². The first-order chi connectivity index (χ1) is 29.1.